The third-order valence-electron chi connectivity index (χ3n) is 4.31. The molecule has 2 rings (SSSR count). The van der Waals surface area contributed by atoms with E-state index in [1.807, 2.05) is 6.07 Å². The van der Waals surface area contributed by atoms with Crippen molar-refractivity contribution in [2.45, 2.75) is 34.9 Å². The third-order valence-corrected chi connectivity index (χ3v) is 26.2. The van der Waals surface area contributed by atoms with Crippen LogP contribution >= 0.6 is 176 Å². The Morgan fingerprint density at radius 2 is 1.20 bits per heavy atom. The molecule has 1 aromatic carbocycles. The van der Waals surface area contributed by atoms with Crippen molar-refractivity contribution in [3.63, 3.8) is 0 Å². The van der Waals surface area contributed by atoms with Crippen molar-refractivity contribution >= 4 is 176 Å². The molecule has 0 bridgehead atoms. The van der Waals surface area contributed by atoms with Crippen LogP contribution in [-0.2, 0) is 0 Å². The van der Waals surface area contributed by atoms with E-state index in [1.165, 1.54) is 5.56 Å². The van der Waals surface area contributed by atoms with E-state index in [4.69, 9.17) is 0 Å². The van der Waals surface area contributed by atoms with Crippen LogP contribution in [0.25, 0.3) is 0 Å². The van der Waals surface area contributed by atoms with Crippen LogP contribution in [0.5, 0.6) is 0 Å². The summed E-state index contributed by atoms with van der Waals surface area (Å²) in [5, 5.41) is 0. The predicted octanol–water partition coefficient (Wildman–Crippen LogP) is 10.2. The predicted molar refractivity (Wildman–Crippen MR) is 152 cm³/mol. The summed E-state index contributed by atoms with van der Waals surface area (Å²) in [5.41, 5.74) is 1.23. The largest absolute Gasteiger partial charge is 0.134 e. The molecule has 0 radical (unpaired) electrons. The first-order valence-electron chi connectivity index (χ1n) is 6.56. The molecule has 0 nitrogen and oxygen atoms in total. The summed E-state index contributed by atoms with van der Waals surface area (Å²) in [6.45, 7) is 2.21. The lowest BCUT2D eigenvalue weighted by Gasteiger charge is -2.64. The van der Waals surface area contributed by atoms with Gasteiger partial charge < -0.3 is 0 Å². The van der Waals surface area contributed by atoms with Crippen molar-refractivity contribution < 1.29 is 0 Å². The van der Waals surface area contributed by atoms with Gasteiger partial charge in [0.1, 0.15) is 12.9 Å². The molecule has 1 aliphatic carbocycles. The van der Waals surface area contributed by atoms with Crippen molar-refractivity contribution in [1.29, 1.82) is 0 Å². The van der Waals surface area contributed by atoms with E-state index in [-0.39, 0.29) is 27.7 Å². The molecule has 0 heterocycles. The molecule has 144 valence electrons. The van der Waals surface area contributed by atoms with Crippen LogP contribution in [0, 0.1) is 0 Å². The summed E-state index contributed by atoms with van der Waals surface area (Å²) in [6, 6.07) is 10.4. The van der Waals surface area contributed by atoms with Crippen LogP contribution in [0.3, 0.4) is 0 Å². The zero-order chi connectivity index (χ0) is 18.8. The maximum absolute atomic E-state index is 4.09. The van der Waals surface area contributed by atoms with E-state index >= 15 is 0 Å². The van der Waals surface area contributed by atoms with Crippen LogP contribution in [0.2, 0.25) is 0 Å². The van der Waals surface area contributed by atoms with Gasteiger partial charge in [0.25, 0.3) is 0 Å². The van der Waals surface area contributed by atoms with Crippen molar-refractivity contribution in [3.8, 4) is 0 Å². The fraction of sp³-hybridized carbons (Fsp3) is 0.571. The molecule has 0 amide bonds. The van der Waals surface area contributed by atoms with E-state index in [1.54, 1.807) is 0 Å². The first-order chi connectivity index (χ1) is 10.7. The average Bonchev–Trinajstić information content (AvgIpc) is 2.51. The van der Waals surface area contributed by atoms with Gasteiger partial charge in [0, 0.05) is 0 Å². The average molecular weight is 1060 g/mol. The second-order valence-corrected chi connectivity index (χ2v) is 21.7. The quantitative estimate of drug-likeness (QED) is 0.259. The topological polar surface area (TPSA) is 0 Å². The lowest BCUT2D eigenvalue weighted by molar-refractivity contribution is 0.377. The molecule has 0 saturated heterocycles. The summed E-state index contributed by atoms with van der Waals surface area (Å²) in [7, 11) is 0. The minimum atomic E-state index is -0.649. The maximum atomic E-state index is 4.09. The zero-order valence-corrected chi connectivity index (χ0v) is 29.8. The Morgan fingerprint density at radius 1 is 0.760 bits per heavy atom. The van der Waals surface area contributed by atoms with E-state index in [0.29, 0.717) is 0 Å². The molecule has 25 heavy (non-hydrogen) atoms. The van der Waals surface area contributed by atoms with Gasteiger partial charge in [-0.15, -0.1) is 17.0 Å². The molecule has 0 aliphatic heterocycles. The zero-order valence-electron chi connectivity index (χ0n) is 12.2. The highest BCUT2D eigenvalue weighted by molar-refractivity contribution is 9.35. The SMILES string of the molecule is Br.CC(c1ccccc1)C1(Br)C(Br)C(Br)(Br)C(Br)(Br)C(Br)(Br)C1(Br)Br. The number of hydrogen-bond acceptors (Lipinski definition) is 0. The number of alkyl halides is 10. The Bertz CT molecular complexity index is 612. The lowest BCUT2D eigenvalue weighted by atomic mass is 9.76. The molecule has 0 aromatic heterocycles. The van der Waals surface area contributed by atoms with Crippen LogP contribution in [0.4, 0.5) is 0 Å². The molecular formula is C14H11Br11. The Kier molecular flexibility index (Phi) is 10.1. The number of benzene rings is 1. The summed E-state index contributed by atoms with van der Waals surface area (Å²) >= 11 is 39.0. The fourth-order valence-corrected chi connectivity index (χ4v) is 14.6. The second-order valence-electron chi connectivity index (χ2n) is 5.61. The van der Waals surface area contributed by atoms with Gasteiger partial charge >= 0.3 is 0 Å². The van der Waals surface area contributed by atoms with Crippen LogP contribution in [0.15, 0.2) is 30.3 Å². The van der Waals surface area contributed by atoms with Crippen molar-refractivity contribution in [2.75, 3.05) is 0 Å². The molecule has 1 fully saturated rings. The summed E-state index contributed by atoms with van der Waals surface area (Å²) in [6.07, 6.45) is 0. The highest BCUT2D eigenvalue weighted by atomic mass is 79.9. The van der Waals surface area contributed by atoms with Crippen LogP contribution < -0.4 is 0 Å². The van der Waals surface area contributed by atoms with Gasteiger partial charge in [0.15, 0.2) is 0 Å². The fourth-order valence-electron chi connectivity index (χ4n) is 2.70. The molecule has 0 N–H and O–H groups in total. The van der Waals surface area contributed by atoms with Crippen molar-refractivity contribution in [3.05, 3.63) is 35.9 Å². The Morgan fingerprint density at radius 3 is 1.64 bits per heavy atom. The van der Waals surface area contributed by atoms with Gasteiger partial charge in [-0.25, -0.2) is 0 Å². The van der Waals surface area contributed by atoms with Crippen LogP contribution in [-0.4, -0.2) is 22.1 Å². The van der Waals surface area contributed by atoms with Gasteiger partial charge in [-0.3, -0.25) is 0 Å². The van der Waals surface area contributed by atoms with Gasteiger partial charge in [-0.1, -0.05) is 197 Å². The van der Waals surface area contributed by atoms with E-state index in [2.05, 4.69) is 190 Å². The maximum Gasteiger partial charge on any atom is 0.134 e. The molecule has 1 saturated carbocycles. The molecule has 0 spiro atoms. The summed E-state index contributed by atoms with van der Waals surface area (Å²) in [5.74, 6) is 0.141. The monoisotopic (exact) mass is 1050 g/mol. The van der Waals surface area contributed by atoms with Gasteiger partial charge in [0.2, 0.25) is 0 Å². The molecule has 3 atom stereocenters. The number of hydrogen-bond donors (Lipinski definition) is 0. The third kappa shape index (κ3) is 4.03. The number of rotatable bonds is 2. The summed E-state index contributed by atoms with van der Waals surface area (Å²) < 4.78 is -2.90. The van der Waals surface area contributed by atoms with E-state index < -0.39 is 17.3 Å². The Hall–Kier alpha value is 4.50. The smallest absolute Gasteiger partial charge is 0.114 e. The van der Waals surface area contributed by atoms with Crippen molar-refractivity contribution in [1.82, 2.24) is 0 Å². The van der Waals surface area contributed by atoms with E-state index in [9.17, 15) is 0 Å². The standard InChI is InChI=1S/C14H10Br10.BrH/c1-7(8-5-3-2-4-6-8)10(16)9(15)11(17,18)13(21,22)14(23,24)12(10,19)20;/h2-7,9H,1H3;1H. The minimum absolute atomic E-state index is 0. The van der Waals surface area contributed by atoms with Crippen molar-refractivity contribution in [2.24, 2.45) is 0 Å². The molecule has 1 aromatic rings. The molecule has 3 unspecified atom stereocenters. The molecule has 1 aliphatic rings. The van der Waals surface area contributed by atoms with Gasteiger partial charge in [-0.05, 0) is 11.5 Å². The van der Waals surface area contributed by atoms with Gasteiger partial charge in [-0.2, -0.15) is 0 Å². The first-order valence-corrected chi connectivity index (χ1v) is 14.6. The summed E-state index contributed by atoms with van der Waals surface area (Å²) in [4.78, 5) is -0.0616. The normalized spacial score (nSPS) is 33.2. The highest BCUT2D eigenvalue weighted by Crippen LogP contribution is 2.79. The minimum Gasteiger partial charge on any atom is -0.114 e. The second kappa shape index (κ2) is 9.16. The van der Waals surface area contributed by atoms with Crippen LogP contribution in [0.1, 0.15) is 18.4 Å². The molecular weight excluding hydrogens is 1050 g/mol. The van der Waals surface area contributed by atoms with E-state index in [0.717, 1.165) is 0 Å². The van der Waals surface area contributed by atoms with Gasteiger partial charge in [0.05, 0.1) is 9.15 Å². The highest BCUT2D eigenvalue weighted by Gasteiger charge is 2.80. The lowest BCUT2D eigenvalue weighted by Crippen LogP contribution is -2.75. The Labute approximate surface area is 243 Å². The number of halogens is 11. The molecule has 11 heteroatoms. The first kappa shape index (κ1) is 27.5. The Balaban J connectivity index is 0.00000312.